The highest BCUT2D eigenvalue weighted by molar-refractivity contribution is 7.86. The van der Waals surface area contributed by atoms with Gasteiger partial charge in [0.25, 0.3) is 10.1 Å². The lowest BCUT2D eigenvalue weighted by molar-refractivity contribution is 0.286. The van der Waals surface area contributed by atoms with E-state index in [0.29, 0.717) is 13.0 Å². The van der Waals surface area contributed by atoms with Crippen LogP contribution in [0.15, 0.2) is 29.2 Å². The summed E-state index contributed by atoms with van der Waals surface area (Å²) in [5.41, 5.74) is 1.02. The topological polar surface area (TPSA) is 55.9 Å². The van der Waals surface area contributed by atoms with Crippen molar-refractivity contribution in [1.29, 1.82) is 0 Å². The average molecular weight is 242 g/mol. The molecule has 0 N–H and O–H groups in total. The van der Waals surface area contributed by atoms with Crippen molar-refractivity contribution >= 4 is 10.1 Å². The smallest absolute Gasteiger partial charge is 0.296 e. The Morgan fingerprint density at radius 3 is 2.56 bits per heavy atom. The number of hydrogen-bond acceptors (Lipinski definition) is 4. The highest BCUT2D eigenvalue weighted by Crippen LogP contribution is 2.17. The van der Waals surface area contributed by atoms with Gasteiger partial charge in [0.2, 0.25) is 0 Å². The van der Waals surface area contributed by atoms with Gasteiger partial charge in [0.05, 0.1) is 24.2 Å². The molecule has 0 aromatic heterocycles. The lowest BCUT2D eigenvalue weighted by Crippen LogP contribution is -2.08. The molecule has 5 heteroatoms. The van der Waals surface area contributed by atoms with Crippen LogP contribution in [0.1, 0.15) is 12.0 Å². The van der Waals surface area contributed by atoms with Crippen molar-refractivity contribution < 1.29 is 17.3 Å². The van der Waals surface area contributed by atoms with Crippen molar-refractivity contribution in [3.05, 3.63) is 29.8 Å². The summed E-state index contributed by atoms with van der Waals surface area (Å²) in [5.74, 6) is 0. The fraction of sp³-hybridized carbons (Fsp3) is 0.455. The van der Waals surface area contributed by atoms with Gasteiger partial charge in [-0.25, -0.2) is 0 Å². The normalized spacial score (nSPS) is 19.7. The van der Waals surface area contributed by atoms with Crippen LogP contribution in [0.5, 0.6) is 0 Å². The molecule has 88 valence electrons. The molecule has 0 spiro atoms. The molecule has 2 rings (SSSR count). The number of ether oxygens (including phenoxy) is 1. The zero-order valence-electron chi connectivity index (χ0n) is 9.05. The summed E-state index contributed by atoms with van der Waals surface area (Å²) < 4.78 is 33.2. The van der Waals surface area contributed by atoms with Gasteiger partial charge in [-0.2, -0.15) is 8.42 Å². The monoisotopic (exact) mass is 242 g/mol. The Labute approximate surface area is 95.3 Å². The Morgan fingerprint density at radius 1 is 1.38 bits per heavy atom. The molecule has 1 unspecified atom stereocenters. The molecule has 4 nitrogen and oxygen atoms in total. The average Bonchev–Trinajstić information content (AvgIpc) is 3.02. The highest BCUT2D eigenvalue weighted by atomic mass is 32.2. The van der Waals surface area contributed by atoms with Gasteiger partial charge in [0.15, 0.2) is 0 Å². The highest BCUT2D eigenvalue weighted by Gasteiger charge is 2.23. The second-order valence-corrected chi connectivity index (χ2v) is 5.45. The van der Waals surface area contributed by atoms with Gasteiger partial charge in [-0.3, -0.25) is 4.18 Å². The minimum Gasteiger partial charge on any atom is -0.373 e. The van der Waals surface area contributed by atoms with E-state index in [1.807, 2.05) is 6.92 Å². The predicted octanol–water partition coefficient (Wildman–Crippen LogP) is 1.49. The van der Waals surface area contributed by atoms with Crippen molar-refractivity contribution in [2.45, 2.75) is 24.3 Å². The minimum atomic E-state index is -3.60. The lowest BCUT2D eigenvalue weighted by Gasteiger charge is -2.04. The van der Waals surface area contributed by atoms with Crippen LogP contribution in [-0.4, -0.2) is 27.7 Å². The minimum absolute atomic E-state index is 0.181. The Hall–Kier alpha value is -0.910. The summed E-state index contributed by atoms with van der Waals surface area (Å²) in [6, 6.07) is 6.61. The Morgan fingerprint density at radius 2 is 2.00 bits per heavy atom. The molecule has 0 saturated carbocycles. The van der Waals surface area contributed by atoms with Gasteiger partial charge in [0, 0.05) is 6.42 Å². The third-order valence-electron chi connectivity index (χ3n) is 2.39. The van der Waals surface area contributed by atoms with Gasteiger partial charge < -0.3 is 4.74 Å². The second kappa shape index (κ2) is 4.53. The first-order chi connectivity index (χ1) is 7.58. The molecular weight excluding hydrogens is 228 g/mol. The summed E-state index contributed by atoms with van der Waals surface area (Å²) in [7, 11) is -3.60. The van der Waals surface area contributed by atoms with Crippen LogP contribution in [0.2, 0.25) is 0 Å². The molecule has 1 aliphatic rings. The van der Waals surface area contributed by atoms with E-state index < -0.39 is 10.1 Å². The molecule has 1 aromatic rings. The number of aryl methyl sites for hydroxylation is 1. The van der Waals surface area contributed by atoms with Crippen molar-refractivity contribution in [1.82, 2.24) is 0 Å². The van der Waals surface area contributed by atoms with E-state index in [4.69, 9.17) is 8.92 Å². The third-order valence-corrected chi connectivity index (χ3v) is 3.72. The number of benzene rings is 1. The van der Waals surface area contributed by atoms with Crippen LogP contribution in [0, 0.1) is 6.92 Å². The van der Waals surface area contributed by atoms with Crippen molar-refractivity contribution in [2.24, 2.45) is 0 Å². The number of hydrogen-bond donors (Lipinski definition) is 0. The maximum Gasteiger partial charge on any atom is 0.296 e. The first-order valence-corrected chi connectivity index (χ1v) is 6.56. The maximum atomic E-state index is 11.7. The summed E-state index contributed by atoms with van der Waals surface area (Å²) in [4.78, 5) is 0.204. The molecular formula is C11H14O4S. The molecule has 1 atom stereocenters. The van der Waals surface area contributed by atoms with Crippen LogP contribution in [0.4, 0.5) is 0 Å². The van der Waals surface area contributed by atoms with E-state index in [9.17, 15) is 8.42 Å². The third kappa shape index (κ3) is 3.04. The van der Waals surface area contributed by atoms with Gasteiger partial charge in [-0.1, -0.05) is 17.7 Å². The Balaban J connectivity index is 1.97. The fourth-order valence-electron chi connectivity index (χ4n) is 1.30. The summed E-state index contributed by atoms with van der Waals surface area (Å²) in [5, 5.41) is 0. The van der Waals surface area contributed by atoms with Crippen LogP contribution in [-0.2, 0) is 19.0 Å². The molecule has 1 aliphatic heterocycles. The van der Waals surface area contributed by atoms with E-state index in [-0.39, 0.29) is 17.6 Å². The van der Waals surface area contributed by atoms with Crippen molar-refractivity contribution in [2.75, 3.05) is 13.2 Å². The fourth-order valence-corrected chi connectivity index (χ4v) is 2.22. The quantitative estimate of drug-likeness (QED) is 0.580. The summed E-state index contributed by atoms with van der Waals surface area (Å²) in [6.45, 7) is 2.80. The largest absolute Gasteiger partial charge is 0.373 e. The zero-order chi connectivity index (χ0) is 11.6. The van der Waals surface area contributed by atoms with Gasteiger partial charge in [-0.05, 0) is 19.1 Å². The van der Waals surface area contributed by atoms with E-state index in [0.717, 1.165) is 5.56 Å². The van der Waals surface area contributed by atoms with Crippen molar-refractivity contribution in [3.8, 4) is 0 Å². The molecule has 1 aromatic carbocycles. The van der Waals surface area contributed by atoms with Gasteiger partial charge in [-0.15, -0.1) is 0 Å². The maximum absolute atomic E-state index is 11.7. The lowest BCUT2D eigenvalue weighted by atomic mass is 10.2. The molecule has 0 aliphatic carbocycles. The van der Waals surface area contributed by atoms with Crippen LogP contribution >= 0.6 is 0 Å². The van der Waals surface area contributed by atoms with Crippen LogP contribution in [0.3, 0.4) is 0 Å². The van der Waals surface area contributed by atoms with Gasteiger partial charge >= 0.3 is 0 Å². The Kier molecular flexibility index (Phi) is 3.28. The Bertz CT molecular complexity index is 445. The van der Waals surface area contributed by atoms with Crippen LogP contribution < -0.4 is 0 Å². The molecule has 1 heterocycles. The molecule has 0 bridgehead atoms. The molecule has 0 amide bonds. The summed E-state index contributed by atoms with van der Waals surface area (Å²) in [6.07, 6.45) is 0.818. The summed E-state index contributed by atoms with van der Waals surface area (Å²) >= 11 is 0. The molecule has 1 saturated heterocycles. The van der Waals surface area contributed by atoms with Gasteiger partial charge in [0.1, 0.15) is 0 Å². The van der Waals surface area contributed by atoms with Crippen molar-refractivity contribution in [3.63, 3.8) is 0 Å². The van der Waals surface area contributed by atoms with E-state index >= 15 is 0 Å². The predicted molar refractivity (Wildman–Crippen MR) is 58.7 cm³/mol. The van der Waals surface area contributed by atoms with E-state index in [2.05, 4.69) is 0 Å². The molecule has 0 radical (unpaired) electrons. The number of epoxide rings is 1. The molecule has 1 fully saturated rings. The standard InChI is InChI=1S/C11H14O4S/c1-9-2-4-11(5-3-9)16(12,13)15-7-6-10-8-14-10/h2-5,10H,6-8H2,1H3. The second-order valence-electron chi connectivity index (χ2n) is 3.83. The molecule has 16 heavy (non-hydrogen) atoms. The SMILES string of the molecule is Cc1ccc(S(=O)(=O)OCCC2CO2)cc1. The number of rotatable bonds is 5. The van der Waals surface area contributed by atoms with E-state index in [1.165, 1.54) is 0 Å². The van der Waals surface area contributed by atoms with E-state index in [1.54, 1.807) is 24.3 Å². The van der Waals surface area contributed by atoms with Crippen LogP contribution in [0.25, 0.3) is 0 Å². The zero-order valence-corrected chi connectivity index (χ0v) is 9.87. The first kappa shape index (κ1) is 11.6. The first-order valence-electron chi connectivity index (χ1n) is 5.16.